The smallest absolute Gasteiger partial charge is 0.330 e. The van der Waals surface area contributed by atoms with E-state index in [4.69, 9.17) is 9.84 Å². The molecule has 6 nitrogen and oxygen atoms in total. The lowest BCUT2D eigenvalue weighted by Gasteiger charge is -2.14. The van der Waals surface area contributed by atoms with Gasteiger partial charge < -0.3 is 19.9 Å². The SMILES string of the molecule is COC(=O)C(CO)NC(=O)COc1cc(C)cc(C)c1. The number of nitrogens with one attached hydrogen (secondary N) is 1. The normalized spacial score (nSPS) is 11.6. The molecule has 110 valence electrons. The summed E-state index contributed by atoms with van der Waals surface area (Å²) in [7, 11) is 1.18. The summed E-state index contributed by atoms with van der Waals surface area (Å²) in [6.07, 6.45) is 0. The number of carbonyl (C=O) groups excluding carboxylic acids is 2. The number of carbonyl (C=O) groups is 2. The van der Waals surface area contributed by atoms with Gasteiger partial charge in [-0.3, -0.25) is 4.79 Å². The highest BCUT2D eigenvalue weighted by Gasteiger charge is 2.20. The fraction of sp³-hybridized carbons (Fsp3) is 0.429. The van der Waals surface area contributed by atoms with E-state index in [1.165, 1.54) is 7.11 Å². The Kier molecular flexibility index (Phi) is 5.99. The Morgan fingerprint density at radius 3 is 2.35 bits per heavy atom. The third kappa shape index (κ3) is 4.89. The molecule has 1 rings (SSSR count). The number of hydrogen-bond acceptors (Lipinski definition) is 5. The Morgan fingerprint density at radius 2 is 1.85 bits per heavy atom. The van der Waals surface area contributed by atoms with Crippen LogP contribution in [-0.2, 0) is 14.3 Å². The van der Waals surface area contributed by atoms with Crippen LogP contribution in [0.5, 0.6) is 5.75 Å². The maximum Gasteiger partial charge on any atom is 0.330 e. The molecular formula is C14H19NO5. The first kappa shape index (κ1) is 16.0. The van der Waals surface area contributed by atoms with Gasteiger partial charge in [0.25, 0.3) is 5.91 Å². The molecule has 0 aliphatic heterocycles. The third-order valence-corrected chi connectivity index (χ3v) is 2.57. The number of rotatable bonds is 6. The van der Waals surface area contributed by atoms with Crippen molar-refractivity contribution in [1.29, 1.82) is 0 Å². The number of amides is 1. The maximum absolute atomic E-state index is 11.6. The number of aliphatic hydroxyl groups excluding tert-OH is 1. The van der Waals surface area contributed by atoms with E-state index in [0.29, 0.717) is 5.75 Å². The first-order valence-electron chi connectivity index (χ1n) is 6.15. The molecule has 6 heteroatoms. The van der Waals surface area contributed by atoms with E-state index in [2.05, 4.69) is 10.1 Å². The van der Waals surface area contributed by atoms with Crippen LogP contribution in [0.3, 0.4) is 0 Å². The quantitative estimate of drug-likeness (QED) is 0.734. The lowest BCUT2D eigenvalue weighted by molar-refractivity contribution is -0.146. The molecular weight excluding hydrogens is 262 g/mol. The lowest BCUT2D eigenvalue weighted by atomic mass is 10.1. The van der Waals surface area contributed by atoms with Crippen molar-refractivity contribution in [3.8, 4) is 5.75 Å². The average molecular weight is 281 g/mol. The average Bonchev–Trinajstić information content (AvgIpc) is 2.40. The van der Waals surface area contributed by atoms with E-state index in [1.54, 1.807) is 0 Å². The van der Waals surface area contributed by atoms with Crippen LogP contribution in [0.1, 0.15) is 11.1 Å². The summed E-state index contributed by atoms with van der Waals surface area (Å²) < 4.78 is 9.79. The highest BCUT2D eigenvalue weighted by atomic mass is 16.5. The first-order chi connectivity index (χ1) is 9.46. The molecule has 0 heterocycles. The second-order valence-corrected chi connectivity index (χ2v) is 4.44. The minimum atomic E-state index is -1.07. The predicted molar refractivity (Wildman–Crippen MR) is 72.4 cm³/mol. The summed E-state index contributed by atoms with van der Waals surface area (Å²) in [4.78, 5) is 22.8. The number of benzene rings is 1. The zero-order valence-electron chi connectivity index (χ0n) is 11.8. The van der Waals surface area contributed by atoms with Gasteiger partial charge in [0.1, 0.15) is 5.75 Å². The Labute approximate surface area is 117 Å². The van der Waals surface area contributed by atoms with E-state index >= 15 is 0 Å². The highest BCUT2D eigenvalue weighted by molar-refractivity contribution is 5.85. The second-order valence-electron chi connectivity index (χ2n) is 4.44. The van der Waals surface area contributed by atoms with Crippen molar-refractivity contribution in [2.45, 2.75) is 19.9 Å². The number of methoxy groups -OCH3 is 1. The molecule has 0 spiro atoms. The van der Waals surface area contributed by atoms with E-state index < -0.39 is 24.5 Å². The second kappa shape index (κ2) is 7.49. The van der Waals surface area contributed by atoms with Crippen LogP contribution < -0.4 is 10.1 Å². The summed E-state index contributed by atoms with van der Waals surface area (Å²) in [6, 6.07) is 4.54. The topological polar surface area (TPSA) is 84.9 Å². The van der Waals surface area contributed by atoms with Crippen LogP contribution in [0.15, 0.2) is 18.2 Å². The van der Waals surface area contributed by atoms with Gasteiger partial charge in [0.2, 0.25) is 0 Å². The summed E-state index contributed by atoms with van der Waals surface area (Å²) in [6.45, 7) is 3.09. The predicted octanol–water partition coefficient (Wildman–Crippen LogP) is 0.332. The summed E-state index contributed by atoms with van der Waals surface area (Å²) in [5.74, 6) is -0.628. The van der Waals surface area contributed by atoms with Crippen molar-refractivity contribution in [3.05, 3.63) is 29.3 Å². The molecule has 0 saturated carbocycles. The number of aliphatic hydroxyl groups is 1. The van der Waals surface area contributed by atoms with Gasteiger partial charge in [-0.1, -0.05) is 6.07 Å². The Hall–Kier alpha value is -2.08. The summed E-state index contributed by atoms with van der Waals surface area (Å²) in [5.41, 5.74) is 2.06. The molecule has 1 atom stereocenters. The fourth-order valence-electron chi connectivity index (χ4n) is 1.72. The van der Waals surface area contributed by atoms with Crippen LogP contribution in [0, 0.1) is 13.8 Å². The van der Waals surface area contributed by atoms with Gasteiger partial charge >= 0.3 is 5.97 Å². The number of hydrogen-bond donors (Lipinski definition) is 2. The Bertz CT molecular complexity index is 466. The van der Waals surface area contributed by atoms with Gasteiger partial charge in [-0.2, -0.15) is 0 Å². The molecule has 0 aliphatic carbocycles. The molecule has 2 N–H and O–H groups in total. The first-order valence-corrected chi connectivity index (χ1v) is 6.15. The standard InChI is InChI=1S/C14H19NO5/c1-9-4-10(2)6-11(5-9)20-8-13(17)15-12(7-16)14(18)19-3/h4-6,12,16H,7-8H2,1-3H3,(H,15,17). The van der Waals surface area contributed by atoms with Crippen molar-refractivity contribution in [2.24, 2.45) is 0 Å². The zero-order valence-corrected chi connectivity index (χ0v) is 11.8. The highest BCUT2D eigenvalue weighted by Crippen LogP contribution is 2.15. The van der Waals surface area contributed by atoms with Crippen LogP contribution in [0.4, 0.5) is 0 Å². The summed E-state index contributed by atoms with van der Waals surface area (Å²) >= 11 is 0. The maximum atomic E-state index is 11.6. The van der Waals surface area contributed by atoms with E-state index in [-0.39, 0.29) is 6.61 Å². The summed E-state index contributed by atoms with van der Waals surface area (Å²) in [5, 5.41) is 11.3. The van der Waals surface area contributed by atoms with E-state index in [0.717, 1.165) is 11.1 Å². The van der Waals surface area contributed by atoms with E-state index in [9.17, 15) is 9.59 Å². The Morgan fingerprint density at radius 1 is 1.25 bits per heavy atom. The van der Waals surface area contributed by atoms with Crippen molar-refractivity contribution in [2.75, 3.05) is 20.3 Å². The molecule has 1 aromatic rings. The van der Waals surface area contributed by atoms with Gasteiger partial charge in [-0.15, -0.1) is 0 Å². The van der Waals surface area contributed by atoms with Crippen molar-refractivity contribution in [1.82, 2.24) is 5.32 Å². The van der Waals surface area contributed by atoms with Crippen molar-refractivity contribution >= 4 is 11.9 Å². The van der Waals surface area contributed by atoms with Crippen molar-refractivity contribution < 1.29 is 24.2 Å². The van der Waals surface area contributed by atoms with Crippen LogP contribution in [-0.4, -0.2) is 43.3 Å². The van der Waals surface area contributed by atoms with E-state index in [1.807, 2.05) is 32.0 Å². The molecule has 20 heavy (non-hydrogen) atoms. The fourth-order valence-corrected chi connectivity index (χ4v) is 1.72. The minimum absolute atomic E-state index is 0.240. The zero-order chi connectivity index (χ0) is 15.1. The minimum Gasteiger partial charge on any atom is -0.484 e. The molecule has 1 amide bonds. The number of esters is 1. The molecule has 1 aromatic carbocycles. The van der Waals surface area contributed by atoms with Gasteiger partial charge in [0.15, 0.2) is 12.6 Å². The monoisotopic (exact) mass is 281 g/mol. The molecule has 1 unspecified atom stereocenters. The Balaban J connectivity index is 2.52. The third-order valence-electron chi connectivity index (χ3n) is 2.57. The number of aryl methyl sites for hydroxylation is 2. The largest absolute Gasteiger partial charge is 0.484 e. The molecule has 0 fully saturated rings. The van der Waals surface area contributed by atoms with Crippen molar-refractivity contribution in [3.63, 3.8) is 0 Å². The van der Waals surface area contributed by atoms with Gasteiger partial charge in [-0.25, -0.2) is 4.79 Å². The van der Waals surface area contributed by atoms with Gasteiger partial charge in [0, 0.05) is 0 Å². The molecule has 0 bridgehead atoms. The molecule has 0 radical (unpaired) electrons. The van der Waals surface area contributed by atoms with Gasteiger partial charge in [0.05, 0.1) is 13.7 Å². The van der Waals surface area contributed by atoms with Crippen LogP contribution in [0.25, 0.3) is 0 Å². The van der Waals surface area contributed by atoms with Crippen LogP contribution in [0.2, 0.25) is 0 Å². The molecule has 0 aliphatic rings. The lowest BCUT2D eigenvalue weighted by Crippen LogP contribution is -2.45. The van der Waals surface area contributed by atoms with Crippen LogP contribution >= 0.6 is 0 Å². The van der Waals surface area contributed by atoms with Gasteiger partial charge in [-0.05, 0) is 37.1 Å². The molecule has 0 saturated heterocycles. The number of ether oxygens (including phenoxy) is 2. The molecule has 0 aromatic heterocycles.